The Bertz CT molecular complexity index is 1900. The predicted molar refractivity (Wildman–Crippen MR) is 163 cm³/mol. The number of carbonyl (C=O) groups is 1. The molecule has 1 fully saturated rings. The first-order valence-electron chi connectivity index (χ1n) is 13.0. The highest BCUT2D eigenvalue weighted by atomic mass is 79.9. The van der Waals surface area contributed by atoms with Crippen LogP contribution in [0.25, 0.3) is 33.5 Å². The molecule has 3 heterocycles. The maximum absolute atomic E-state index is 13.6. The fourth-order valence-electron chi connectivity index (χ4n) is 4.63. The van der Waals surface area contributed by atoms with E-state index in [1.54, 1.807) is 59.5 Å². The van der Waals surface area contributed by atoms with Gasteiger partial charge in [-0.2, -0.15) is 9.78 Å². The third-order valence-electron chi connectivity index (χ3n) is 6.73. The summed E-state index contributed by atoms with van der Waals surface area (Å²) in [6.45, 7) is 1.93. The fourth-order valence-corrected chi connectivity index (χ4v) is 5.39. The van der Waals surface area contributed by atoms with Crippen molar-refractivity contribution in [2.24, 2.45) is 5.10 Å². The summed E-state index contributed by atoms with van der Waals surface area (Å²) in [5.41, 5.74) is 1.36. The number of nitrogens with zero attached hydrogens (tertiary/aromatic N) is 4. The van der Waals surface area contributed by atoms with Crippen LogP contribution in [0.2, 0.25) is 5.02 Å². The predicted octanol–water partition coefficient (Wildman–Crippen LogP) is 5.35. The largest absolute Gasteiger partial charge is 0.493 e. The third-order valence-corrected chi connectivity index (χ3v) is 7.55. The molecule has 1 saturated heterocycles. The van der Waals surface area contributed by atoms with Crippen LogP contribution in [-0.4, -0.2) is 66.7 Å². The van der Waals surface area contributed by atoms with E-state index < -0.39 is 0 Å². The van der Waals surface area contributed by atoms with Gasteiger partial charge in [-0.25, -0.2) is 4.98 Å². The maximum Gasteiger partial charge on any atom is 0.282 e. The zero-order valence-electron chi connectivity index (χ0n) is 22.4. The number of carbonyl (C=O) groups excluding carboxylic acids is 1. The molecule has 12 heteroatoms. The Morgan fingerprint density at radius 3 is 2.76 bits per heavy atom. The van der Waals surface area contributed by atoms with E-state index in [1.807, 2.05) is 6.07 Å². The summed E-state index contributed by atoms with van der Waals surface area (Å²) < 4.78 is 24.5. The van der Waals surface area contributed by atoms with Crippen LogP contribution in [0.3, 0.4) is 0 Å². The monoisotopic (exact) mass is 650 g/mol. The molecule has 0 atom stereocenters. The summed E-state index contributed by atoms with van der Waals surface area (Å²) in [5.74, 6) is 1.22. The van der Waals surface area contributed by atoms with E-state index in [0.29, 0.717) is 75.1 Å². The lowest BCUT2D eigenvalue weighted by Crippen LogP contribution is -2.43. The average molecular weight is 652 g/mol. The SMILES string of the molecule is COc1cc(C=Nn2c(-c3cc4cc(Cl)ccc4o3)nc3ccccc3c2=O)cc(Br)c1OCC(=O)N1CCOCC1. The summed E-state index contributed by atoms with van der Waals surface area (Å²) in [7, 11) is 1.50. The van der Waals surface area contributed by atoms with Gasteiger partial charge >= 0.3 is 0 Å². The second-order valence-corrected chi connectivity index (χ2v) is 10.7. The molecule has 0 aliphatic carbocycles. The van der Waals surface area contributed by atoms with Crippen LogP contribution in [0.5, 0.6) is 11.5 Å². The maximum atomic E-state index is 13.6. The minimum absolute atomic E-state index is 0.138. The van der Waals surface area contributed by atoms with Crippen LogP contribution in [0.1, 0.15) is 5.56 Å². The molecule has 10 nitrogen and oxygen atoms in total. The molecule has 0 radical (unpaired) electrons. The molecule has 1 amide bonds. The van der Waals surface area contributed by atoms with Crippen LogP contribution < -0.4 is 15.0 Å². The van der Waals surface area contributed by atoms with Gasteiger partial charge in [-0.3, -0.25) is 9.59 Å². The number of furan rings is 1. The first-order valence-corrected chi connectivity index (χ1v) is 14.2. The van der Waals surface area contributed by atoms with E-state index in [2.05, 4.69) is 21.0 Å². The second-order valence-electron chi connectivity index (χ2n) is 9.42. The number of aromatic nitrogens is 2. The van der Waals surface area contributed by atoms with E-state index in [1.165, 1.54) is 18.0 Å². The van der Waals surface area contributed by atoms with Crippen LogP contribution >= 0.6 is 27.5 Å². The van der Waals surface area contributed by atoms with E-state index in [0.717, 1.165) is 5.39 Å². The number of para-hydroxylation sites is 1. The number of amides is 1. The summed E-state index contributed by atoms with van der Waals surface area (Å²) in [4.78, 5) is 32.6. The summed E-state index contributed by atoms with van der Waals surface area (Å²) in [6.07, 6.45) is 1.51. The van der Waals surface area contributed by atoms with Gasteiger partial charge < -0.3 is 23.5 Å². The van der Waals surface area contributed by atoms with E-state index in [-0.39, 0.29) is 23.9 Å². The second kappa shape index (κ2) is 12.0. The Balaban J connectivity index is 1.35. The number of methoxy groups -OCH3 is 1. The highest BCUT2D eigenvalue weighted by Crippen LogP contribution is 2.36. The minimum Gasteiger partial charge on any atom is -0.493 e. The molecule has 0 saturated carbocycles. The Morgan fingerprint density at radius 2 is 1.95 bits per heavy atom. The highest BCUT2D eigenvalue weighted by Gasteiger charge is 2.20. The number of halogens is 2. The standard InChI is InChI=1S/C30H24BrClN4O6/c1-39-25-13-18(12-22(31)28(25)41-17-27(37)35-8-10-40-11-9-35)16-33-36-29(34-23-5-3-2-4-21(23)30(36)38)26-15-19-14-20(32)6-7-24(19)42-26/h2-7,12-16H,8-11,17H2,1H3. The first-order chi connectivity index (χ1) is 20.4. The summed E-state index contributed by atoms with van der Waals surface area (Å²) in [6, 6.07) is 17.5. The van der Waals surface area contributed by atoms with Crippen molar-refractivity contribution >= 4 is 61.5 Å². The molecule has 0 bridgehead atoms. The number of hydrogen-bond acceptors (Lipinski definition) is 8. The molecular weight excluding hydrogens is 628 g/mol. The van der Waals surface area contributed by atoms with Crippen LogP contribution in [0.15, 0.2) is 79.4 Å². The van der Waals surface area contributed by atoms with Gasteiger partial charge in [-0.15, -0.1) is 0 Å². The highest BCUT2D eigenvalue weighted by molar-refractivity contribution is 9.10. The van der Waals surface area contributed by atoms with Crippen molar-refractivity contribution in [2.75, 3.05) is 40.0 Å². The summed E-state index contributed by atoms with van der Waals surface area (Å²) >= 11 is 9.68. The normalized spacial score (nSPS) is 13.7. The first kappa shape index (κ1) is 28.0. The van der Waals surface area contributed by atoms with Gasteiger partial charge in [0.2, 0.25) is 5.82 Å². The van der Waals surface area contributed by atoms with Crippen LogP contribution in [0.4, 0.5) is 0 Å². The van der Waals surface area contributed by atoms with Crippen molar-refractivity contribution in [3.63, 3.8) is 0 Å². The van der Waals surface area contributed by atoms with Crippen molar-refractivity contribution in [3.8, 4) is 23.1 Å². The molecule has 6 rings (SSSR count). The molecule has 0 spiro atoms. The van der Waals surface area contributed by atoms with Crippen molar-refractivity contribution in [1.29, 1.82) is 0 Å². The Kier molecular flexibility index (Phi) is 7.96. The number of morpholine rings is 1. The van der Waals surface area contributed by atoms with Crippen molar-refractivity contribution < 1.29 is 23.4 Å². The topological polar surface area (TPSA) is 108 Å². The van der Waals surface area contributed by atoms with Crippen molar-refractivity contribution in [3.05, 3.63) is 86.1 Å². The van der Waals surface area contributed by atoms with E-state index >= 15 is 0 Å². The molecule has 214 valence electrons. The van der Waals surface area contributed by atoms with Gasteiger partial charge in [0.15, 0.2) is 23.9 Å². The summed E-state index contributed by atoms with van der Waals surface area (Å²) in [5, 5.41) is 6.25. The van der Waals surface area contributed by atoms with E-state index in [9.17, 15) is 9.59 Å². The molecule has 2 aromatic heterocycles. The lowest BCUT2D eigenvalue weighted by Gasteiger charge is -2.26. The van der Waals surface area contributed by atoms with Crippen molar-refractivity contribution in [2.45, 2.75) is 0 Å². The molecule has 0 N–H and O–H groups in total. The van der Waals surface area contributed by atoms with Gasteiger partial charge in [0.05, 0.1) is 41.9 Å². The Labute approximate surface area is 253 Å². The number of fused-ring (bicyclic) bond motifs is 2. The molecule has 1 aliphatic heterocycles. The third kappa shape index (κ3) is 5.63. The van der Waals surface area contributed by atoms with Gasteiger partial charge in [0.1, 0.15) is 5.58 Å². The average Bonchev–Trinajstić information content (AvgIpc) is 3.43. The van der Waals surface area contributed by atoms with Gasteiger partial charge in [-0.05, 0) is 70.0 Å². The molecule has 5 aromatic rings. The van der Waals surface area contributed by atoms with Gasteiger partial charge in [0.25, 0.3) is 11.5 Å². The lowest BCUT2D eigenvalue weighted by atomic mass is 10.2. The number of benzene rings is 3. The lowest BCUT2D eigenvalue weighted by molar-refractivity contribution is -0.137. The molecule has 42 heavy (non-hydrogen) atoms. The van der Waals surface area contributed by atoms with Crippen molar-refractivity contribution in [1.82, 2.24) is 14.6 Å². The Hall–Kier alpha value is -4.19. The van der Waals surface area contributed by atoms with Gasteiger partial charge in [0, 0.05) is 23.5 Å². The Morgan fingerprint density at radius 1 is 1.14 bits per heavy atom. The molecule has 0 unspecified atom stereocenters. The van der Waals surface area contributed by atoms with Crippen LogP contribution in [-0.2, 0) is 9.53 Å². The molecular formula is C30H24BrClN4O6. The number of hydrogen-bond donors (Lipinski definition) is 0. The number of ether oxygens (including phenoxy) is 3. The van der Waals surface area contributed by atoms with E-state index in [4.69, 9.17) is 35.2 Å². The van der Waals surface area contributed by atoms with Gasteiger partial charge in [-0.1, -0.05) is 23.7 Å². The number of rotatable bonds is 7. The molecule has 1 aliphatic rings. The minimum atomic E-state index is -0.363. The smallest absolute Gasteiger partial charge is 0.282 e. The molecule has 3 aromatic carbocycles. The van der Waals surface area contributed by atoms with Crippen LogP contribution in [0, 0.1) is 0 Å². The zero-order valence-corrected chi connectivity index (χ0v) is 24.7. The zero-order chi connectivity index (χ0) is 29.2. The quantitative estimate of drug-likeness (QED) is 0.218. The fraction of sp³-hybridized carbons (Fsp3) is 0.200.